The zero-order chi connectivity index (χ0) is 36.7. The summed E-state index contributed by atoms with van der Waals surface area (Å²) in [6, 6.07) is 8.55. The Bertz CT molecular complexity index is 1760. The molecule has 0 radical (unpaired) electrons. The highest BCUT2D eigenvalue weighted by atomic mass is 19.3. The van der Waals surface area contributed by atoms with Crippen LogP contribution in [0.1, 0.15) is 82.1 Å². The first kappa shape index (κ1) is 38.2. The summed E-state index contributed by atoms with van der Waals surface area (Å²) in [7, 11) is 0. The van der Waals surface area contributed by atoms with Gasteiger partial charge in [0, 0.05) is 34.7 Å². The van der Waals surface area contributed by atoms with Crippen molar-refractivity contribution in [2.45, 2.75) is 77.1 Å². The quantitative estimate of drug-likeness (QED) is 0.0694. The number of halogens is 9. The summed E-state index contributed by atoms with van der Waals surface area (Å²) < 4.78 is 146. The van der Waals surface area contributed by atoms with Crippen molar-refractivity contribution in [2.75, 3.05) is 13.2 Å². The van der Waals surface area contributed by atoms with Crippen molar-refractivity contribution in [1.82, 2.24) is 0 Å². The molecule has 12 heteroatoms. The van der Waals surface area contributed by atoms with Crippen molar-refractivity contribution < 1.29 is 53.7 Å². The molecular formula is C39H37F9O3. The highest BCUT2D eigenvalue weighted by molar-refractivity contribution is 5.72. The van der Waals surface area contributed by atoms with Crippen molar-refractivity contribution in [3.63, 3.8) is 0 Å². The summed E-state index contributed by atoms with van der Waals surface area (Å²) in [6.07, 6.45) is 5.25. The van der Waals surface area contributed by atoms with Gasteiger partial charge in [-0.3, -0.25) is 0 Å². The SMILES string of the molecule is CCCCCCCCCCC1COC(c2ccc(-c3ccc(-c4cc(F)c(C(F)(F)Oc5cc(F)c(F)c(F)c5)c(F)c4)c(F)c3)c(F)c2)OC1. The zero-order valence-electron chi connectivity index (χ0n) is 27.8. The van der Waals surface area contributed by atoms with Gasteiger partial charge in [0.25, 0.3) is 0 Å². The Hall–Kier alpha value is -4.03. The molecule has 4 aromatic carbocycles. The highest BCUT2D eigenvalue weighted by Crippen LogP contribution is 2.39. The van der Waals surface area contributed by atoms with Gasteiger partial charge in [0.1, 0.15) is 34.6 Å². The van der Waals surface area contributed by atoms with Crippen LogP contribution in [0.15, 0.2) is 60.7 Å². The van der Waals surface area contributed by atoms with E-state index in [2.05, 4.69) is 11.7 Å². The smallest absolute Gasteiger partial charge is 0.429 e. The fourth-order valence-electron chi connectivity index (χ4n) is 6.09. The Labute approximate surface area is 290 Å². The molecule has 1 aliphatic heterocycles. The fourth-order valence-corrected chi connectivity index (χ4v) is 6.09. The second-order valence-corrected chi connectivity index (χ2v) is 12.7. The largest absolute Gasteiger partial charge is 0.432 e. The van der Waals surface area contributed by atoms with Gasteiger partial charge in [-0.05, 0) is 41.8 Å². The molecule has 0 bridgehead atoms. The maximum Gasteiger partial charge on any atom is 0.432 e. The molecule has 0 atom stereocenters. The number of alkyl halides is 2. The number of benzene rings is 4. The van der Waals surface area contributed by atoms with Crippen LogP contribution in [0.5, 0.6) is 5.75 Å². The van der Waals surface area contributed by atoms with E-state index in [0.717, 1.165) is 25.0 Å². The molecule has 4 aromatic rings. The van der Waals surface area contributed by atoms with Crippen LogP contribution >= 0.6 is 0 Å². The first-order chi connectivity index (χ1) is 24.4. The van der Waals surface area contributed by atoms with Gasteiger partial charge >= 0.3 is 6.11 Å². The van der Waals surface area contributed by atoms with Gasteiger partial charge in [-0.25, -0.2) is 30.7 Å². The third-order valence-electron chi connectivity index (χ3n) is 8.83. The molecule has 1 heterocycles. The Morgan fingerprint density at radius 1 is 0.608 bits per heavy atom. The van der Waals surface area contributed by atoms with Crippen LogP contribution < -0.4 is 4.74 Å². The van der Waals surface area contributed by atoms with Crippen LogP contribution in [0.4, 0.5) is 39.5 Å². The molecule has 1 saturated heterocycles. The lowest BCUT2D eigenvalue weighted by molar-refractivity contribution is -0.206. The molecule has 1 aliphatic rings. The summed E-state index contributed by atoms with van der Waals surface area (Å²) in [5.74, 6) is -12.1. The number of hydrogen-bond acceptors (Lipinski definition) is 3. The van der Waals surface area contributed by atoms with Crippen molar-refractivity contribution >= 4 is 0 Å². The molecule has 0 unspecified atom stereocenters. The second kappa shape index (κ2) is 17.0. The Kier molecular flexibility index (Phi) is 12.7. The van der Waals surface area contributed by atoms with Crippen LogP contribution in [0.25, 0.3) is 22.3 Å². The van der Waals surface area contributed by atoms with E-state index < -0.39 is 75.6 Å². The van der Waals surface area contributed by atoms with E-state index in [0.29, 0.717) is 30.9 Å². The predicted octanol–water partition coefficient (Wildman–Crippen LogP) is 12.3. The van der Waals surface area contributed by atoms with Crippen LogP contribution in [-0.4, -0.2) is 13.2 Å². The van der Waals surface area contributed by atoms with Gasteiger partial charge in [0.15, 0.2) is 23.7 Å². The van der Waals surface area contributed by atoms with Crippen LogP contribution in [0, 0.1) is 46.6 Å². The van der Waals surface area contributed by atoms with Crippen LogP contribution in [-0.2, 0) is 15.6 Å². The van der Waals surface area contributed by atoms with Gasteiger partial charge < -0.3 is 14.2 Å². The first-order valence-corrected chi connectivity index (χ1v) is 16.9. The minimum Gasteiger partial charge on any atom is -0.429 e. The number of rotatable bonds is 15. The van der Waals surface area contributed by atoms with E-state index in [-0.39, 0.29) is 29.2 Å². The topological polar surface area (TPSA) is 27.7 Å². The first-order valence-electron chi connectivity index (χ1n) is 16.9. The van der Waals surface area contributed by atoms with Crippen molar-refractivity contribution in [3.05, 3.63) is 113 Å². The van der Waals surface area contributed by atoms with E-state index in [1.165, 1.54) is 63.1 Å². The monoisotopic (exact) mass is 724 g/mol. The molecule has 51 heavy (non-hydrogen) atoms. The lowest BCUT2D eigenvalue weighted by Crippen LogP contribution is -2.27. The minimum atomic E-state index is -4.81. The molecule has 0 spiro atoms. The molecule has 5 rings (SSSR count). The number of unbranched alkanes of at least 4 members (excludes halogenated alkanes) is 7. The molecule has 0 aromatic heterocycles. The van der Waals surface area contributed by atoms with E-state index in [9.17, 15) is 30.7 Å². The highest BCUT2D eigenvalue weighted by Gasteiger charge is 2.41. The molecule has 0 N–H and O–H groups in total. The minimum absolute atomic E-state index is 0.0192. The molecule has 0 aliphatic carbocycles. The fraction of sp³-hybridized carbons (Fsp3) is 0.385. The Morgan fingerprint density at radius 3 is 1.73 bits per heavy atom. The molecule has 0 amide bonds. The molecule has 1 fully saturated rings. The average molecular weight is 725 g/mol. The summed E-state index contributed by atoms with van der Waals surface area (Å²) in [6.45, 7) is 3.17. The van der Waals surface area contributed by atoms with Gasteiger partial charge in [0.05, 0.1) is 13.2 Å². The van der Waals surface area contributed by atoms with E-state index in [1.807, 2.05) is 0 Å². The number of ether oxygens (including phenoxy) is 3. The Balaban J connectivity index is 1.21. The maximum absolute atomic E-state index is 15.3. The van der Waals surface area contributed by atoms with Crippen molar-refractivity contribution in [2.24, 2.45) is 5.92 Å². The van der Waals surface area contributed by atoms with Crippen LogP contribution in [0.2, 0.25) is 0 Å². The molecule has 0 saturated carbocycles. The summed E-state index contributed by atoms with van der Waals surface area (Å²) in [4.78, 5) is 0. The second-order valence-electron chi connectivity index (χ2n) is 12.7. The summed E-state index contributed by atoms with van der Waals surface area (Å²) >= 11 is 0. The zero-order valence-corrected chi connectivity index (χ0v) is 27.8. The lowest BCUT2D eigenvalue weighted by Gasteiger charge is -2.29. The van der Waals surface area contributed by atoms with Gasteiger partial charge in [-0.15, -0.1) is 0 Å². The Morgan fingerprint density at radius 2 is 1.14 bits per heavy atom. The lowest BCUT2D eigenvalue weighted by atomic mass is 9.97. The average Bonchev–Trinajstić information content (AvgIpc) is 3.08. The standard InChI is InChI=1S/C39H37F9O3/c1-2-3-4-5-6-7-8-9-10-23-21-49-38(50-22-23)25-12-14-28(31(41)16-25)24-11-13-29(30(40)15-24)26-17-32(42)36(33(43)18-26)39(47,48)51-27-19-34(44)37(46)35(45)20-27/h11-20,23,38H,2-10,21-22H2,1H3. The van der Waals surface area contributed by atoms with E-state index >= 15 is 8.78 Å². The third-order valence-corrected chi connectivity index (χ3v) is 8.83. The maximum atomic E-state index is 15.3. The van der Waals surface area contributed by atoms with Crippen molar-refractivity contribution in [1.29, 1.82) is 0 Å². The molecular weight excluding hydrogens is 687 g/mol. The van der Waals surface area contributed by atoms with Crippen molar-refractivity contribution in [3.8, 4) is 28.0 Å². The van der Waals surface area contributed by atoms with E-state index in [4.69, 9.17) is 9.47 Å². The third kappa shape index (κ3) is 9.45. The summed E-state index contributed by atoms with van der Waals surface area (Å²) in [5, 5.41) is 0. The molecule has 3 nitrogen and oxygen atoms in total. The van der Waals surface area contributed by atoms with Gasteiger partial charge in [-0.2, -0.15) is 8.78 Å². The summed E-state index contributed by atoms with van der Waals surface area (Å²) in [5.41, 5.74) is -2.24. The number of hydrogen-bond donors (Lipinski definition) is 0. The van der Waals surface area contributed by atoms with Gasteiger partial charge in [0.2, 0.25) is 0 Å². The molecule has 274 valence electrons. The van der Waals surface area contributed by atoms with Gasteiger partial charge in [-0.1, -0.05) is 82.6 Å². The van der Waals surface area contributed by atoms with Crippen LogP contribution in [0.3, 0.4) is 0 Å². The van der Waals surface area contributed by atoms with E-state index in [1.54, 1.807) is 6.07 Å². The normalized spacial score (nSPS) is 16.4. The predicted molar refractivity (Wildman–Crippen MR) is 173 cm³/mol.